The summed E-state index contributed by atoms with van der Waals surface area (Å²) < 4.78 is 44.2. The maximum absolute atomic E-state index is 13.0. The van der Waals surface area contributed by atoms with Crippen molar-refractivity contribution in [2.45, 2.75) is 50.2 Å². The third kappa shape index (κ3) is 2.99. The van der Waals surface area contributed by atoms with E-state index in [2.05, 4.69) is 0 Å². The molecule has 1 aliphatic carbocycles. The second kappa shape index (κ2) is 6.44. The van der Waals surface area contributed by atoms with Crippen LogP contribution in [0.25, 0.3) is 0 Å². The van der Waals surface area contributed by atoms with Gasteiger partial charge < -0.3 is 9.64 Å². The van der Waals surface area contributed by atoms with Crippen molar-refractivity contribution in [2.24, 2.45) is 0 Å². The number of hydrogen-bond donors (Lipinski definition) is 0. The number of rotatable bonds is 2. The Morgan fingerprint density at radius 3 is 2.65 bits per heavy atom. The van der Waals surface area contributed by atoms with Crippen LogP contribution in [-0.2, 0) is 17.6 Å². The minimum absolute atomic E-state index is 0.0614. The number of piperidine rings is 1. The van der Waals surface area contributed by atoms with Crippen LogP contribution >= 0.6 is 0 Å². The second-order valence-corrected chi connectivity index (χ2v) is 6.82. The van der Waals surface area contributed by atoms with E-state index in [1.165, 1.54) is 13.2 Å². The van der Waals surface area contributed by atoms with Gasteiger partial charge in [-0.2, -0.15) is 13.2 Å². The van der Waals surface area contributed by atoms with E-state index in [-0.39, 0.29) is 37.2 Å². The van der Waals surface area contributed by atoms with Crippen LogP contribution in [0.5, 0.6) is 5.75 Å². The summed E-state index contributed by atoms with van der Waals surface area (Å²) in [6.07, 6.45) is -2.49. The van der Waals surface area contributed by atoms with Gasteiger partial charge in [-0.05, 0) is 50.2 Å². The molecule has 0 radical (unpaired) electrons. The van der Waals surface area contributed by atoms with Crippen LogP contribution in [0.4, 0.5) is 18.9 Å². The maximum Gasteiger partial charge on any atom is 0.471 e. The van der Waals surface area contributed by atoms with Gasteiger partial charge >= 0.3 is 17.8 Å². The summed E-state index contributed by atoms with van der Waals surface area (Å²) in [5.74, 6) is -1.68. The van der Waals surface area contributed by atoms with Crippen molar-refractivity contribution in [3.8, 4) is 5.75 Å². The fourth-order valence-electron chi connectivity index (χ4n) is 4.28. The first-order valence-corrected chi connectivity index (χ1v) is 8.41. The molecule has 1 saturated heterocycles. The summed E-state index contributed by atoms with van der Waals surface area (Å²) in [4.78, 5) is 23.8. The summed E-state index contributed by atoms with van der Waals surface area (Å²) in [5, 5.41) is 11.4. The zero-order valence-corrected chi connectivity index (χ0v) is 14.3. The largest absolute Gasteiger partial charge is 0.490 e. The van der Waals surface area contributed by atoms with Gasteiger partial charge in [0, 0.05) is 17.6 Å². The summed E-state index contributed by atoms with van der Waals surface area (Å²) >= 11 is 0. The molecule has 1 fully saturated rings. The molecule has 0 N–H and O–H groups in total. The normalized spacial score (nSPS) is 22.8. The van der Waals surface area contributed by atoms with E-state index >= 15 is 0 Å². The zero-order valence-electron chi connectivity index (χ0n) is 14.3. The van der Waals surface area contributed by atoms with E-state index in [0.29, 0.717) is 24.0 Å². The lowest BCUT2D eigenvalue weighted by Gasteiger charge is -2.49. The first-order valence-electron chi connectivity index (χ1n) is 8.41. The molecule has 3 rings (SSSR count). The molecule has 1 heterocycles. The Morgan fingerprint density at radius 1 is 1.31 bits per heavy atom. The number of benzene rings is 1. The molecule has 1 aliphatic heterocycles. The van der Waals surface area contributed by atoms with Gasteiger partial charge in [0.05, 0.1) is 12.0 Å². The van der Waals surface area contributed by atoms with Crippen molar-refractivity contribution in [1.82, 2.24) is 4.90 Å². The molecule has 0 saturated carbocycles. The molecular formula is C17H19F3N2O4. The highest BCUT2D eigenvalue weighted by Gasteiger charge is 2.52. The molecule has 26 heavy (non-hydrogen) atoms. The van der Waals surface area contributed by atoms with Crippen molar-refractivity contribution < 1.29 is 27.6 Å². The number of ether oxygens (including phenoxy) is 1. The number of alkyl halides is 3. The van der Waals surface area contributed by atoms with Crippen LogP contribution in [0.3, 0.4) is 0 Å². The molecule has 0 aromatic heterocycles. The Bertz CT molecular complexity index is 750. The van der Waals surface area contributed by atoms with Gasteiger partial charge in [0.15, 0.2) is 5.75 Å². The number of carbonyl (C=O) groups excluding carboxylic acids is 1. The number of nitro benzene ring substituents is 1. The third-order valence-electron chi connectivity index (χ3n) is 5.44. The van der Waals surface area contributed by atoms with E-state index in [1.54, 1.807) is 6.07 Å². The van der Waals surface area contributed by atoms with Crippen LogP contribution in [0.15, 0.2) is 12.1 Å². The SMILES string of the molecule is COc1ccc2c(c1[N+](=O)[O-])CCC1(CCCCN1C(=O)C(F)(F)F)C2. The van der Waals surface area contributed by atoms with Crippen LogP contribution in [0.1, 0.15) is 36.8 Å². The molecule has 1 atom stereocenters. The predicted molar refractivity (Wildman–Crippen MR) is 86.0 cm³/mol. The molecule has 1 aromatic rings. The lowest BCUT2D eigenvalue weighted by molar-refractivity contribution is -0.386. The lowest BCUT2D eigenvalue weighted by atomic mass is 9.72. The first-order chi connectivity index (χ1) is 12.2. The third-order valence-corrected chi connectivity index (χ3v) is 5.44. The fourth-order valence-corrected chi connectivity index (χ4v) is 4.28. The van der Waals surface area contributed by atoms with E-state index < -0.39 is 22.5 Å². The molecule has 1 amide bonds. The lowest BCUT2D eigenvalue weighted by Crippen LogP contribution is -2.60. The number of likely N-dealkylation sites (tertiary alicyclic amines) is 1. The topological polar surface area (TPSA) is 72.7 Å². The minimum Gasteiger partial charge on any atom is -0.490 e. The van der Waals surface area contributed by atoms with Crippen LogP contribution in [0, 0.1) is 10.1 Å². The number of fused-ring (bicyclic) bond motifs is 1. The molecule has 9 heteroatoms. The van der Waals surface area contributed by atoms with Crippen molar-refractivity contribution in [3.63, 3.8) is 0 Å². The van der Waals surface area contributed by atoms with Crippen molar-refractivity contribution in [3.05, 3.63) is 33.4 Å². The standard InChI is InChI=1S/C17H19F3N2O4/c1-26-13-5-4-11-10-16(8-6-12(11)14(13)22(24)25)7-2-3-9-21(16)15(23)17(18,19)20/h4-5H,2-3,6-10H2,1H3. The van der Waals surface area contributed by atoms with Crippen LogP contribution < -0.4 is 4.74 Å². The number of hydrogen-bond acceptors (Lipinski definition) is 4. The quantitative estimate of drug-likeness (QED) is 0.589. The molecule has 6 nitrogen and oxygen atoms in total. The van der Waals surface area contributed by atoms with E-state index in [4.69, 9.17) is 4.74 Å². The van der Waals surface area contributed by atoms with E-state index in [9.17, 15) is 28.1 Å². The van der Waals surface area contributed by atoms with Crippen molar-refractivity contribution in [2.75, 3.05) is 13.7 Å². The molecule has 1 spiro atoms. The highest BCUT2D eigenvalue weighted by Crippen LogP contribution is 2.45. The van der Waals surface area contributed by atoms with Gasteiger partial charge in [0.25, 0.3) is 0 Å². The Balaban J connectivity index is 2.01. The molecule has 142 valence electrons. The highest BCUT2D eigenvalue weighted by atomic mass is 19.4. The van der Waals surface area contributed by atoms with Gasteiger partial charge in [-0.25, -0.2) is 0 Å². The highest BCUT2D eigenvalue weighted by molar-refractivity contribution is 5.83. The van der Waals surface area contributed by atoms with Gasteiger partial charge in [-0.1, -0.05) is 6.07 Å². The fraction of sp³-hybridized carbons (Fsp3) is 0.588. The van der Waals surface area contributed by atoms with Gasteiger partial charge in [-0.3, -0.25) is 14.9 Å². The number of halogens is 3. The average Bonchev–Trinajstić information content (AvgIpc) is 2.59. The predicted octanol–water partition coefficient (Wildman–Crippen LogP) is 3.41. The van der Waals surface area contributed by atoms with E-state index in [1.807, 2.05) is 0 Å². The molecule has 1 aromatic carbocycles. The molecule has 2 aliphatic rings. The van der Waals surface area contributed by atoms with Gasteiger partial charge in [0.1, 0.15) is 0 Å². The monoisotopic (exact) mass is 372 g/mol. The molecule has 1 unspecified atom stereocenters. The molecule has 0 bridgehead atoms. The van der Waals surface area contributed by atoms with Gasteiger partial charge in [-0.15, -0.1) is 0 Å². The molecular weight excluding hydrogens is 353 g/mol. The summed E-state index contributed by atoms with van der Waals surface area (Å²) in [5.41, 5.74) is 0.0419. The van der Waals surface area contributed by atoms with Crippen LogP contribution in [0.2, 0.25) is 0 Å². The Morgan fingerprint density at radius 2 is 2.04 bits per heavy atom. The first kappa shape index (κ1) is 18.5. The number of carbonyl (C=O) groups is 1. The number of nitrogens with zero attached hydrogens (tertiary/aromatic N) is 2. The maximum atomic E-state index is 13.0. The van der Waals surface area contributed by atoms with Gasteiger partial charge in [0.2, 0.25) is 0 Å². The summed E-state index contributed by atoms with van der Waals surface area (Å²) in [6.45, 7) is 0.0614. The second-order valence-electron chi connectivity index (χ2n) is 6.82. The average molecular weight is 372 g/mol. The summed E-state index contributed by atoms with van der Waals surface area (Å²) in [7, 11) is 1.34. The summed E-state index contributed by atoms with van der Waals surface area (Å²) in [6, 6.07) is 3.13. The van der Waals surface area contributed by atoms with Crippen LogP contribution in [-0.4, -0.2) is 41.1 Å². The number of methoxy groups -OCH3 is 1. The zero-order chi connectivity index (χ0) is 19.1. The van der Waals surface area contributed by atoms with Crippen molar-refractivity contribution in [1.29, 1.82) is 0 Å². The van der Waals surface area contributed by atoms with Crippen molar-refractivity contribution >= 4 is 11.6 Å². The van der Waals surface area contributed by atoms with E-state index in [0.717, 1.165) is 11.3 Å². The Labute approximate surface area is 148 Å². The number of nitro groups is 1. The minimum atomic E-state index is -4.92. The Hall–Kier alpha value is -2.32. The Kier molecular flexibility index (Phi) is 4.58. The number of amides is 1. The smallest absolute Gasteiger partial charge is 0.471 e.